The maximum Gasteiger partial charge on any atom is 0.0852 e. The van der Waals surface area contributed by atoms with E-state index in [9.17, 15) is 0 Å². The monoisotopic (exact) mass is 181 g/mol. The molecule has 0 N–H and O–H groups in total. The van der Waals surface area contributed by atoms with Crippen LogP contribution in [0.25, 0.3) is 6.08 Å². The highest BCUT2D eigenvalue weighted by Crippen LogP contribution is 2.36. The first-order chi connectivity index (χ1) is 6.95. The number of allylic oxidation sites excluding steroid dienone is 1. The van der Waals surface area contributed by atoms with Crippen LogP contribution in [0.5, 0.6) is 0 Å². The van der Waals surface area contributed by atoms with Gasteiger partial charge in [-0.25, -0.2) is 0 Å². The van der Waals surface area contributed by atoms with Gasteiger partial charge >= 0.3 is 0 Å². The fourth-order valence-electron chi connectivity index (χ4n) is 2.13. The minimum Gasteiger partial charge on any atom is -0.284 e. The third-order valence-electron chi connectivity index (χ3n) is 2.84. The smallest absolute Gasteiger partial charge is 0.0852 e. The predicted molar refractivity (Wildman–Crippen MR) is 59.3 cm³/mol. The van der Waals surface area contributed by atoms with Crippen molar-refractivity contribution < 1.29 is 0 Å². The molecule has 0 radical (unpaired) electrons. The van der Waals surface area contributed by atoms with Gasteiger partial charge in [0.05, 0.1) is 6.04 Å². The van der Waals surface area contributed by atoms with E-state index in [-0.39, 0.29) is 0 Å². The molecule has 0 aromatic heterocycles. The van der Waals surface area contributed by atoms with E-state index in [2.05, 4.69) is 47.5 Å². The Morgan fingerprint density at radius 3 is 3.00 bits per heavy atom. The second-order valence-corrected chi connectivity index (χ2v) is 3.69. The zero-order chi connectivity index (χ0) is 9.38. The van der Waals surface area contributed by atoms with Crippen LogP contribution in [0.3, 0.4) is 0 Å². The van der Waals surface area contributed by atoms with Crippen LogP contribution < -0.4 is 0 Å². The molecule has 2 atom stereocenters. The lowest BCUT2D eigenvalue weighted by atomic mass is 9.84. The molecule has 2 unspecified atom stereocenters. The predicted octanol–water partition coefficient (Wildman–Crippen LogP) is 3.01. The fraction of sp³-hybridized carbons (Fsp3) is 0.154. The molecular weight excluding hydrogens is 170 g/mol. The zero-order valence-corrected chi connectivity index (χ0v) is 7.80. The van der Waals surface area contributed by atoms with Crippen LogP contribution in [0, 0.1) is 5.92 Å². The van der Waals surface area contributed by atoms with Crippen LogP contribution >= 0.6 is 0 Å². The summed E-state index contributed by atoms with van der Waals surface area (Å²) in [6.07, 6.45) is 10.6. The van der Waals surface area contributed by atoms with E-state index in [0.717, 1.165) is 0 Å². The Morgan fingerprint density at radius 2 is 2.00 bits per heavy atom. The van der Waals surface area contributed by atoms with Gasteiger partial charge in [0.25, 0.3) is 0 Å². The van der Waals surface area contributed by atoms with Gasteiger partial charge in [-0.15, -0.1) is 0 Å². The van der Waals surface area contributed by atoms with E-state index in [4.69, 9.17) is 0 Å². The fourth-order valence-corrected chi connectivity index (χ4v) is 2.13. The van der Waals surface area contributed by atoms with Crippen molar-refractivity contribution in [2.75, 3.05) is 0 Å². The number of hydrogen-bond acceptors (Lipinski definition) is 1. The summed E-state index contributed by atoms with van der Waals surface area (Å²) in [5.74, 6) is 0.454. The first-order valence-electron chi connectivity index (χ1n) is 4.92. The largest absolute Gasteiger partial charge is 0.284 e. The third-order valence-corrected chi connectivity index (χ3v) is 2.84. The van der Waals surface area contributed by atoms with Gasteiger partial charge in [0.1, 0.15) is 0 Å². The molecule has 0 bridgehead atoms. The normalized spacial score (nSPS) is 27.1. The molecule has 0 fully saturated rings. The molecule has 0 saturated carbocycles. The third kappa shape index (κ3) is 1.06. The van der Waals surface area contributed by atoms with Gasteiger partial charge < -0.3 is 0 Å². The number of hydrogen-bond donors (Lipinski definition) is 0. The Bertz CT molecular complexity index is 440. The second kappa shape index (κ2) is 2.95. The molecule has 2 aliphatic rings. The molecule has 14 heavy (non-hydrogen) atoms. The summed E-state index contributed by atoms with van der Waals surface area (Å²) in [6, 6.07) is 8.79. The number of fused-ring (bicyclic) bond motifs is 3. The van der Waals surface area contributed by atoms with Gasteiger partial charge in [0, 0.05) is 12.1 Å². The SMILES string of the molecule is C1=CC2C=Cc3ccccc3C2N=C1. The first kappa shape index (κ1) is 7.74. The lowest BCUT2D eigenvalue weighted by molar-refractivity contribution is 0.612. The topological polar surface area (TPSA) is 12.4 Å². The maximum atomic E-state index is 4.53. The van der Waals surface area contributed by atoms with E-state index < -0.39 is 0 Å². The van der Waals surface area contributed by atoms with E-state index in [1.807, 2.05) is 12.3 Å². The molecule has 0 spiro atoms. The van der Waals surface area contributed by atoms with E-state index >= 15 is 0 Å². The summed E-state index contributed by atoms with van der Waals surface area (Å²) in [5, 5.41) is 0. The molecule has 1 heterocycles. The van der Waals surface area contributed by atoms with Crippen LogP contribution in [0.4, 0.5) is 0 Å². The summed E-state index contributed by atoms with van der Waals surface area (Å²) in [5.41, 5.74) is 2.65. The van der Waals surface area contributed by atoms with Crippen molar-refractivity contribution in [1.29, 1.82) is 0 Å². The van der Waals surface area contributed by atoms with Crippen LogP contribution in [0.15, 0.2) is 47.5 Å². The van der Waals surface area contributed by atoms with Gasteiger partial charge in [-0.2, -0.15) is 0 Å². The molecule has 0 amide bonds. The summed E-state index contributed by atoms with van der Waals surface area (Å²) in [6.45, 7) is 0. The van der Waals surface area contributed by atoms with Gasteiger partial charge in [-0.1, -0.05) is 42.5 Å². The number of nitrogens with zero attached hydrogens (tertiary/aromatic N) is 1. The van der Waals surface area contributed by atoms with Crippen LogP contribution in [-0.4, -0.2) is 6.21 Å². The minimum absolute atomic E-state index is 0.307. The molecule has 1 aromatic carbocycles. The molecule has 1 nitrogen and oxygen atoms in total. The van der Waals surface area contributed by atoms with E-state index in [1.165, 1.54) is 11.1 Å². The molecule has 1 aliphatic heterocycles. The van der Waals surface area contributed by atoms with Gasteiger partial charge in [0.2, 0.25) is 0 Å². The molecule has 1 heteroatoms. The standard InChI is InChI=1S/C13H11N/c1-2-6-12-10(4-1)7-8-11-5-3-9-14-13(11)12/h1-9,11,13H. The van der Waals surface area contributed by atoms with Crippen LogP contribution in [0.1, 0.15) is 17.2 Å². The first-order valence-corrected chi connectivity index (χ1v) is 4.92. The minimum atomic E-state index is 0.307. The number of dihydropyridines is 1. The van der Waals surface area contributed by atoms with Crippen molar-refractivity contribution in [3.8, 4) is 0 Å². The lowest BCUT2D eigenvalue weighted by Gasteiger charge is -2.26. The van der Waals surface area contributed by atoms with Crippen molar-refractivity contribution >= 4 is 12.3 Å². The molecule has 68 valence electrons. The van der Waals surface area contributed by atoms with Crippen molar-refractivity contribution in [2.45, 2.75) is 6.04 Å². The molecular formula is C13H11N. The quantitative estimate of drug-likeness (QED) is 0.583. The van der Waals surface area contributed by atoms with Gasteiger partial charge in [0.15, 0.2) is 0 Å². The number of aliphatic imine (C=N–C) groups is 1. The molecule has 0 saturated heterocycles. The zero-order valence-electron chi connectivity index (χ0n) is 7.80. The van der Waals surface area contributed by atoms with Crippen LogP contribution in [-0.2, 0) is 0 Å². The second-order valence-electron chi connectivity index (χ2n) is 3.69. The molecule has 3 rings (SSSR count). The van der Waals surface area contributed by atoms with Crippen LogP contribution in [0.2, 0.25) is 0 Å². The average molecular weight is 181 g/mol. The summed E-state index contributed by atoms with van der Waals surface area (Å²) < 4.78 is 0. The summed E-state index contributed by atoms with van der Waals surface area (Å²) >= 11 is 0. The Hall–Kier alpha value is -1.63. The van der Waals surface area contributed by atoms with E-state index in [1.54, 1.807) is 0 Å². The Kier molecular flexibility index (Phi) is 1.63. The highest BCUT2D eigenvalue weighted by Gasteiger charge is 2.24. The number of rotatable bonds is 0. The molecule has 1 aromatic rings. The summed E-state index contributed by atoms with van der Waals surface area (Å²) in [7, 11) is 0. The highest BCUT2D eigenvalue weighted by atomic mass is 14.8. The summed E-state index contributed by atoms with van der Waals surface area (Å²) in [4.78, 5) is 4.53. The lowest BCUT2D eigenvalue weighted by Crippen LogP contribution is -2.13. The Balaban J connectivity index is 2.15. The Morgan fingerprint density at radius 1 is 1.07 bits per heavy atom. The van der Waals surface area contributed by atoms with Crippen molar-refractivity contribution in [3.63, 3.8) is 0 Å². The van der Waals surface area contributed by atoms with Gasteiger partial charge in [-0.3, -0.25) is 4.99 Å². The average Bonchev–Trinajstić information content (AvgIpc) is 2.29. The number of benzene rings is 1. The molecule has 1 aliphatic carbocycles. The highest BCUT2D eigenvalue weighted by molar-refractivity contribution is 5.74. The van der Waals surface area contributed by atoms with Gasteiger partial charge in [-0.05, 0) is 17.2 Å². The van der Waals surface area contributed by atoms with E-state index in [0.29, 0.717) is 12.0 Å². The Labute approximate surface area is 83.5 Å². The van der Waals surface area contributed by atoms with Crippen molar-refractivity contribution in [1.82, 2.24) is 0 Å². The van der Waals surface area contributed by atoms with Crippen molar-refractivity contribution in [3.05, 3.63) is 53.6 Å². The maximum absolute atomic E-state index is 4.53. The van der Waals surface area contributed by atoms with Crippen molar-refractivity contribution in [2.24, 2.45) is 10.9 Å².